The second kappa shape index (κ2) is 7.86. The molecular formula is C14H21FN2O2. The lowest BCUT2D eigenvalue weighted by atomic mass is 10.1. The van der Waals surface area contributed by atoms with Gasteiger partial charge in [-0.25, -0.2) is 4.39 Å². The van der Waals surface area contributed by atoms with Crippen LogP contribution in [-0.4, -0.2) is 30.1 Å². The lowest BCUT2D eigenvalue weighted by molar-refractivity contribution is -0.121. The second-order valence-corrected chi connectivity index (χ2v) is 4.74. The van der Waals surface area contributed by atoms with Crippen molar-refractivity contribution < 1.29 is 14.3 Å². The Labute approximate surface area is 113 Å². The lowest BCUT2D eigenvalue weighted by Crippen LogP contribution is -2.33. The monoisotopic (exact) mass is 268 g/mol. The number of benzene rings is 1. The molecule has 0 radical (unpaired) electrons. The van der Waals surface area contributed by atoms with Gasteiger partial charge in [0.25, 0.3) is 0 Å². The van der Waals surface area contributed by atoms with E-state index in [1.807, 2.05) is 13.8 Å². The van der Waals surface area contributed by atoms with Crippen molar-refractivity contribution in [1.29, 1.82) is 0 Å². The van der Waals surface area contributed by atoms with Crippen LogP contribution in [0.15, 0.2) is 24.3 Å². The Morgan fingerprint density at radius 1 is 1.32 bits per heavy atom. The van der Waals surface area contributed by atoms with Gasteiger partial charge in [-0.1, -0.05) is 12.1 Å². The SMILES string of the molecule is CC(C)NC(=O)CCNCC(O)c1ccc(F)cc1. The van der Waals surface area contributed by atoms with Crippen LogP contribution in [-0.2, 0) is 4.79 Å². The van der Waals surface area contributed by atoms with Crippen LogP contribution in [0.3, 0.4) is 0 Å². The van der Waals surface area contributed by atoms with Crippen molar-refractivity contribution in [2.24, 2.45) is 0 Å². The van der Waals surface area contributed by atoms with Crippen molar-refractivity contribution in [3.8, 4) is 0 Å². The Hall–Kier alpha value is -1.46. The largest absolute Gasteiger partial charge is 0.387 e. The van der Waals surface area contributed by atoms with E-state index < -0.39 is 6.10 Å². The summed E-state index contributed by atoms with van der Waals surface area (Å²) < 4.78 is 12.7. The van der Waals surface area contributed by atoms with Crippen molar-refractivity contribution in [1.82, 2.24) is 10.6 Å². The van der Waals surface area contributed by atoms with E-state index in [1.54, 1.807) is 12.1 Å². The maximum Gasteiger partial charge on any atom is 0.221 e. The summed E-state index contributed by atoms with van der Waals surface area (Å²) in [7, 11) is 0. The van der Waals surface area contributed by atoms with Crippen LogP contribution in [0, 0.1) is 5.82 Å². The summed E-state index contributed by atoms with van der Waals surface area (Å²) in [4.78, 5) is 11.4. The van der Waals surface area contributed by atoms with Crippen LogP contribution in [0.4, 0.5) is 4.39 Å². The first kappa shape index (κ1) is 15.6. The molecule has 4 nitrogen and oxygen atoms in total. The van der Waals surface area contributed by atoms with E-state index in [0.29, 0.717) is 25.1 Å². The molecule has 1 atom stereocenters. The zero-order valence-corrected chi connectivity index (χ0v) is 11.3. The highest BCUT2D eigenvalue weighted by Crippen LogP contribution is 2.12. The zero-order valence-electron chi connectivity index (χ0n) is 11.3. The fraction of sp³-hybridized carbons (Fsp3) is 0.500. The second-order valence-electron chi connectivity index (χ2n) is 4.74. The van der Waals surface area contributed by atoms with E-state index in [4.69, 9.17) is 0 Å². The minimum Gasteiger partial charge on any atom is -0.387 e. The number of carbonyl (C=O) groups is 1. The molecule has 1 unspecified atom stereocenters. The maximum absolute atomic E-state index is 12.7. The molecule has 0 saturated heterocycles. The quantitative estimate of drug-likeness (QED) is 0.654. The van der Waals surface area contributed by atoms with Gasteiger partial charge in [0, 0.05) is 25.6 Å². The molecule has 1 amide bonds. The summed E-state index contributed by atoms with van der Waals surface area (Å²) in [5, 5.41) is 15.6. The Bertz CT molecular complexity index is 393. The third kappa shape index (κ3) is 6.31. The first-order valence-corrected chi connectivity index (χ1v) is 6.42. The summed E-state index contributed by atoms with van der Waals surface area (Å²) in [6.07, 6.45) is -0.331. The third-order valence-electron chi connectivity index (χ3n) is 2.57. The average Bonchev–Trinajstić information content (AvgIpc) is 2.34. The minimum atomic E-state index is -0.700. The van der Waals surface area contributed by atoms with E-state index in [0.717, 1.165) is 0 Å². The van der Waals surface area contributed by atoms with Gasteiger partial charge in [0.1, 0.15) is 5.82 Å². The van der Waals surface area contributed by atoms with Crippen LogP contribution in [0.25, 0.3) is 0 Å². The number of amides is 1. The molecule has 19 heavy (non-hydrogen) atoms. The molecular weight excluding hydrogens is 247 g/mol. The van der Waals surface area contributed by atoms with Crippen LogP contribution in [0.5, 0.6) is 0 Å². The van der Waals surface area contributed by atoms with Crippen LogP contribution < -0.4 is 10.6 Å². The smallest absolute Gasteiger partial charge is 0.221 e. The molecule has 106 valence electrons. The average molecular weight is 268 g/mol. The van der Waals surface area contributed by atoms with Crippen molar-refractivity contribution in [2.45, 2.75) is 32.4 Å². The summed E-state index contributed by atoms with van der Waals surface area (Å²) >= 11 is 0. The van der Waals surface area contributed by atoms with Gasteiger partial charge in [-0.05, 0) is 31.5 Å². The van der Waals surface area contributed by atoms with Gasteiger partial charge >= 0.3 is 0 Å². The summed E-state index contributed by atoms with van der Waals surface area (Å²) in [6.45, 7) is 4.64. The molecule has 0 spiro atoms. The minimum absolute atomic E-state index is 0.0150. The maximum atomic E-state index is 12.7. The van der Waals surface area contributed by atoms with E-state index in [-0.39, 0.29) is 17.8 Å². The molecule has 0 bridgehead atoms. The molecule has 0 fully saturated rings. The topological polar surface area (TPSA) is 61.4 Å². The van der Waals surface area contributed by atoms with Crippen LogP contribution >= 0.6 is 0 Å². The number of hydrogen-bond acceptors (Lipinski definition) is 3. The number of aliphatic hydroxyl groups excluding tert-OH is 1. The number of halogens is 1. The molecule has 0 aliphatic heterocycles. The molecule has 0 heterocycles. The predicted octanol–water partition coefficient (Wildman–Crippen LogP) is 1.36. The number of rotatable bonds is 7. The lowest BCUT2D eigenvalue weighted by Gasteiger charge is -2.13. The van der Waals surface area contributed by atoms with E-state index in [1.165, 1.54) is 12.1 Å². The molecule has 1 aromatic carbocycles. The van der Waals surface area contributed by atoms with Gasteiger partial charge in [-0.3, -0.25) is 4.79 Å². The van der Waals surface area contributed by atoms with Crippen molar-refractivity contribution in [3.63, 3.8) is 0 Å². The highest BCUT2D eigenvalue weighted by molar-refractivity contribution is 5.76. The number of aliphatic hydroxyl groups is 1. The normalized spacial score (nSPS) is 12.5. The Morgan fingerprint density at radius 3 is 2.53 bits per heavy atom. The van der Waals surface area contributed by atoms with Crippen molar-refractivity contribution in [2.75, 3.05) is 13.1 Å². The molecule has 1 rings (SSSR count). The Kier molecular flexibility index (Phi) is 6.45. The highest BCUT2D eigenvalue weighted by atomic mass is 19.1. The van der Waals surface area contributed by atoms with Gasteiger partial charge < -0.3 is 15.7 Å². The van der Waals surface area contributed by atoms with Gasteiger partial charge in [0.15, 0.2) is 0 Å². The molecule has 0 aliphatic rings. The fourth-order valence-corrected chi connectivity index (χ4v) is 1.64. The molecule has 5 heteroatoms. The van der Waals surface area contributed by atoms with Crippen LogP contribution in [0.1, 0.15) is 31.9 Å². The first-order chi connectivity index (χ1) is 8.99. The van der Waals surface area contributed by atoms with Gasteiger partial charge in [0.2, 0.25) is 5.91 Å². The van der Waals surface area contributed by atoms with Gasteiger partial charge in [-0.15, -0.1) is 0 Å². The highest BCUT2D eigenvalue weighted by Gasteiger charge is 2.08. The predicted molar refractivity (Wildman–Crippen MR) is 72.1 cm³/mol. The molecule has 0 saturated carbocycles. The molecule has 3 N–H and O–H groups in total. The van der Waals surface area contributed by atoms with Crippen molar-refractivity contribution in [3.05, 3.63) is 35.6 Å². The Morgan fingerprint density at radius 2 is 1.95 bits per heavy atom. The van der Waals surface area contributed by atoms with Crippen LogP contribution in [0.2, 0.25) is 0 Å². The zero-order chi connectivity index (χ0) is 14.3. The number of hydrogen-bond donors (Lipinski definition) is 3. The molecule has 0 aliphatic carbocycles. The molecule has 1 aromatic rings. The van der Waals surface area contributed by atoms with Gasteiger partial charge in [-0.2, -0.15) is 0 Å². The summed E-state index contributed by atoms with van der Waals surface area (Å²) in [5.41, 5.74) is 0.653. The first-order valence-electron chi connectivity index (χ1n) is 6.42. The third-order valence-corrected chi connectivity index (χ3v) is 2.57. The molecule has 0 aromatic heterocycles. The number of nitrogens with one attached hydrogen (secondary N) is 2. The number of carbonyl (C=O) groups excluding carboxylic acids is 1. The fourth-order valence-electron chi connectivity index (χ4n) is 1.64. The summed E-state index contributed by atoms with van der Waals surface area (Å²) in [6, 6.07) is 5.86. The Balaban J connectivity index is 2.22. The van der Waals surface area contributed by atoms with Gasteiger partial charge in [0.05, 0.1) is 6.10 Å². The van der Waals surface area contributed by atoms with E-state index in [2.05, 4.69) is 10.6 Å². The standard InChI is InChI=1S/C14H21FN2O2/c1-10(2)17-14(19)7-8-16-9-13(18)11-3-5-12(15)6-4-11/h3-6,10,13,16,18H,7-9H2,1-2H3,(H,17,19). The van der Waals surface area contributed by atoms with E-state index in [9.17, 15) is 14.3 Å². The summed E-state index contributed by atoms with van der Waals surface area (Å²) in [5.74, 6) is -0.340. The van der Waals surface area contributed by atoms with Crippen molar-refractivity contribution >= 4 is 5.91 Å². The van der Waals surface area contributed by atoms with E-state index >= 15 is 0 Å².